The second kappa shape index (κ2) is 11.3. The first-order chi connectivity index (χ1) is 15.8. The van der Waals surface area contributed by atoms with Crippen LogP contribution in [-0.4, -0.2) is 49.8 Å². The normalized spacial score (nSPS) is 17.8. The first kappa shape index (κ1) is 24.7. The molecule has 1 fully saturated rings. The van der Waals surface area contributed by atoms with Gasteiger partial charge in [0.25, 0.3) is 0 Å². The molecular weight excluding hydrogens is 442 g/mol. The number of piperidine rings is 1. The number of nitrogens with one attached hydrogen (secondary N) is 1. The highest BCUT2D eigenvalue weighted by Crippen LogP contribution is 2.27. The summed E-state index contributed by atoms with van der Waals surface area (Å²) in [5, 5.41) is 2.68. The Balaban J connectivity index is 1.79. The van der Waals surface area contributed by atoms with Crippen LogP contribution in [0.15, 0.2) is 59.5 Å². The monoisotopic (exact) mass is 473 g/mol. The van der Waals surface area contributed by atoms with Crippen molar-refractivity contribution in [1.82, 2.24) is 9.62 Å². The highest BCUT2D eigenvalue weighted by atomic mass is 32.2. The van der Waals surface area contributed by atoms with Crippen molar-refractivity contribution in [2.45, 2.75) is 56.0 Å². The molecule has 0 unspecified atom stereocenters. The van der Waals surface area contributed by atoms with Gasteiger partial charge >= 0.3 is 0 Å². The minimum Gasteiger partial charge on any atom is -0.494 e. The van der Waals surface area contributed by atoms with Crippen molar-refractivity contribution >= 4 is 21.8 Å². The Labute approximate surface area is 195 Å². The Hall–Kier alpha value is -2.91. The lowest BCUT2D eigenvalue weighted by Gasteiger charge is -2.34. The molecular formula is C24H31N3O5S. The molecule has 3 N–H and O–H groups in total. The number of amides is 2. The van der Waals surface area contributed by atoms with Crippen LogP contribution in [0.3, 0.4) is 0 Å². The zero-order valence-electron chi connectivity index (χ0n) is 18.8. The van der Waals surface area contributed by atoms with Crippen LogP contribution in [-0.2, 0) is 26.0 Å². The quantitative estimate of drug-likeness (QED) is 0.549. The van der Waals surface area contributed by atoms with Crippen molar-refractivity contribution in [3.8, 4) is 5.75 Å². The Bertz CT molecular complexity index is 1060. The van der Waals surface area contributed by atoms with Gasteiger partial charge in [0.05, 0.1) is 11.5 Å². The molecule has 2 aromatic rings. The Kier molecular flexibility index (Phi) is 8.46. The molecule has 8 nitrogen and oxygen atoms in total. The fourth-order valence-corrected chi connectivity index (χ4v) is 5.57. The third kappa shape index (κ3) is 6.33. The summed E-state index contributed by atoms with van der Waals surface area (Å²) >= 11 is 0. The third-order valence-electron chi connectivity index (χ3n) is 5.58. The summed E-state index contributed by atoms with van der Waals surface area (Å²) in [7, 11) is -3.94. The van der Waals surface area contributed by atoms with Gasteiger partial charge in [-0.2, -0.15) is 4.31 Å². The second-order valence-corrected chi connectivity index (χ2v) is 9.99. The number of hydrogen-bond donors (Lipinski definition) is 2. The lowest BCUT2D eigenvalue weighted by atomic mass is 10.0. The molecule has 1 aliphatic rings. The maximum Gasteiger partial charge on any atom is 0.243 e. The van der Waals surface area contributed by atoms with E-state index in [9.17, 15) is 18.0 Å². The molecule has 0 saturated carbocycles. The molecule has 9 heteroatoms. The number of benzene rings is 2. The first-order valence-corrected chi connectivity index (χ1v) is 12.6. The van der Waals surface area contributed by atoms with Crippen LogP contribution < -0.4 is 15.8 Å². The van der Waals surface area contributed by atoms with Crippen molar-refractivity contribution in [2.75, 3.05) is 13.2 Å². The van der Waals surface area contributed by atoms with Crippen LogP contribution in [0.1, 0.15) is 38.2 Å². The van der Waals surface area contributed by atoms with E-state index >= 15 is 0 Å². The fourth-order valence-electron chi connectivity index (χ4n) is 3.87. The van der Waals surface area contributed by atoms with Crippen molar-refractivity contribution < 1.29 is 22.7 Å². The van der Waals surface area contributed by atoms with E-state index in [1.807, 2.05) is 37.3 Å². The Morgan fingerprint density at radius 1 is 1.15 bits per heavy atom. The van der Waals surface area contributed by atoms with Gasteiger partial charge in [0.15, 0.2) is 0 Å². The van der Waals surface area contributed by atoms with E-state index in [-0.39, 0.29) is 17.9 Å². The van der Waals surface area contributed by atoms with Crippen LogP contribution in [0.2, 0.25) is 0 Å². The second-order valence-electron chi connectivity index (χ2n) is 8.10. The number of carbonyl (C=O) groups excluding carboxylic acids is 2. The molecule has 0 spiro atoms. The molecule has 1 saturated heterocycles. The summed E-state index contributed by atoms with van der Waals surface area (Å²) in [6.07, 6.45) is 2.77. The number of primary amides is 1. The van der Waals surface area contributed by atoms with Gasteiger partial charge in [-0.1, -0.05) is 49.7 Å². The molecule has 2 atom stereocenters. The summed E-state index contributed by atoms with van der Waals surface area (Å²) in [6.45, 7) is 2.67. The molecule has 1 heterocycles. The zero-order valence-corrected chi connectivity index (χ0v) is 19.6. The lowest BCUT2D eigenvalue weighted by Crippen LogP contribution is -2.56. The molecule has 0 radical (unpaired) electrons. The molecule has 178 valence electrons. The standard InChI is InChI=1S/C24H31N3O5S/c1-2-15-32-19-11-8-12-20(17-19)33(30,31)27-14-7-6-13-22(27)24(29)26-21(23(25)28)16-18-9-4-3-5-10-18/h3-5,8-12,17,21-22H,2,6-7,13-16H2,1H3,(H2,25,28)(H,26,29)/t21-,22-/m0/s1. The fraction of sp³-hybridized carbons (Fsp3) is 0.417. The minimum absolute atomic E-state index is 0.0755. The minimum atomic E-state index is -3.94. The van der Waals surface area contributed by atoms with Crippen LogP contribution >= 0.6 is 0 Å². The maximum absolute atomic E-state index is 13.4. The van der Waals surface area contributed by atoms with Gasteiger partial charge in [-0.05, 0) is 37.0 Å². The van der Waals surface area contributed by atoms with E-state index in [4.69, 9.17) is 10.5 Å². The van der Waals surface area contributed by atoms with Crippen LogP contribution in [0.25, 0.3) is 0 Å². The van der Waals surface area contributed by atoms with Gasteiger partial charge in [-0.25, -0.2) is 8.42 Å². The zero-order chi connectivity index (χ0) is 23.8. The van der Waals surface area contributed by atoms with Gasteiger partial charge < -0.3 is 15.8 Å². The van der Waals surface area contributed by atoms with E-state index in [1.54, 1.807) is 12.1 Å². The summed E-state index contributed by atoms with van der Waals surface area (Å²) < 4.78 is 33.7. The average molecular weight is 474 g/mol. The maximum atomic E-state index is 13.4. The number of carbonyl (C=O) groups is 2. The van der Waals surface area contributed by atoms with E-state index in [2.05, 4.69) is 5.32 Å². The van der Waals surface area contributed by atoms with Crippen molar-refractivity contribution in [1.29, 1.82) is 0 Å². The van der Waals surface area contributed by atoms with Crippen LogP contribution in [0.5, 0.6) is 5.75 Å². The molecule has 1 aliphatic heterocycles. The highest BCUT2D eigenvalue weighted by molar-refractivity contribution is 7.89. The van der Waals surface area contributed by atoms with E-state index in [0.29, 0.717) is 31.6 Å². The molecule has 2 aromatic carbocycles. The van der Waals surface area contributed by atoms with Crippen LogP contribution in [0, 0.1) is 0 Å². The van der Waals surface area contributed by atoms with Gasteiger partial charge in [-0.3, -0.25) is 9.59 Å². The summed E-state index contributed by atoms with van der Waals surface area (Å²) in [4.78, 5) is 25.2. The van der Waals surface area contributed by atoms with E-state index < -0.39 is 33.9 Å². The Morgan fingerprint density at radius 2 is 1.91 bits per heavy atom. The average Bonchev–Trinajstić information content (AvgIpc) is 2.83. The van der Waals surface area contributed by atoms with E-state index in [0.717, 1.165) is 12.0 Å². The lowest BCUT2D eigenvalue weighted by molar-refractivity contribution is -0.130. The predicted molar refractivity (Wildman–Crippen MR) is 125 cm³/mol. The molecule has 33 heavy (non-hydrogen) atoms. The SMILES string of the molecule is CCCOc1cccc(S(=O)(=O)N2CCCC[C@H]2C(=O)N[C@@H](Cc2ccccc2)C(N)=O)c1. The van der Waals surface area contributed by atoms with Crippen LogP contribution in [0.4, 0.5) is 0 Å². The van der Waals surface area contributed by atoms with Crippen molar-refractivity contribution in [2.24, 2.45) is 5.73 Å². The van der Waals surface area contributed by atoms with Gasteiger partial charge in [0.2, 0.25) is 21.8 Å². The highest BCUT2D eigenvalue weighted by Gasteiger charge is 2.38. The third-order valence-corrected chi connectivity index (χ3v) is 7.49. The molecule has 0 aliphatic carbocycles. The predicted octanol–water partition coefficient (Wildman–Crippen LogP) is 2.23. The van der Waals surface area contributed by atoms with Crippen molar-refractivity contribution in [3.05, 3.63) is 60.2 Å². The number of rotatable bonds is 10. The topological polar surface area (TPSA) is 119 Å². The Morgan fingerprint density at radius 3 is 2.61 bits per heavy atom. The first-order valence-electron chi connectivity index (χ1n) is 11.2. The number of ether oxygens (including phenoxy) is 1. The largest absolute Gasteiger partial charge is 0.494 e. The van der Waals surface area contributed by atoms with Gasteiger partial charge in [0, 0.05) is 19.0 Å². The number of hydrogen-bond acceptors (Lipinski definition) is 5. The number of sulfonamides is 1. The molecule has 3 rings (SSSR count). The summed E-state index contributed by atoms with van der Waals surface area (Å²) in [6, 6.07) is 13.7. The van der Waals surface area contributed by atoms with Crippen molar-refractivity contribution in [3.63, 3.8) is 0 Å². The number of nitrogens with zero attached hydrogens (tertiary/aromatic N) is 1. The summed E-state index contributed by atoms with van der Waals surface area (Å²) in [5.41, 5.74) is 6.38. The van der Waals surface area contributed by atoms with Gasteiger partial charge in [-0.15, -0.1) is 0 Å². The summed E-state index contributed by atoms with van der Waals surface area (Å²) in [5.74, 6) is -0.720. The smallest absolute Gasteiger partial charge is 0.243 e. The molecule has 0 aromatic heterocycles. The molecule has 0 bridgehead atoms. The van der Waals surface area contributed by atoms with E-state index in [1.165, 1.54) is 16.4 Å². The number of nitrogens with two attached hydrogens (primary N) is 1. The van der Waals surface area contributed by atoms with Gasteiger partial charge in [0.1, 0.15) is 17.8 Å². The molecule has 2 amide bonds.